The Balaban J connectivity index is 2.02. The van der Waals surface area contributed by atoms with Crippen molar-refractivity contribution in [3.05, 3.63) is 29.8 Å². The van der Waals surface area contributed by atoms with E-state index >= 15 is 0 Å². The van der Waals surface area contributed by atoms with E-state index in [-0.39, 0.29) is 23.8 Å². The van der Waals surface area contributed by atoms with Crippen LogP contribution in [0, 0.1) is 5.92 Å². The summed E-state index contributed by atoms with van der Waals surface area (Å²) >= 11 is 0. The summed E-state index contributed by atoms with van der Waals surface area (Å²) < 4.78 is 0. The molecule has 0 aromatic heterocycles. The number of amides is 2. The van der Waals surface area contributed by atoms with Crippen molar-refractivity contribution in [2.75, 3.05) is 11.4 Å². The normalized spacial score (nSPS) is 18.1. The maximum atomic E-state index is 12.3. The molecule has 1 aromatic carbocycles. The van der Waals surface area contributed by atoms with Crippen LogP contribution in [0.2, 0.25) is 0 Å². The Morgan fingerprint density at radius 3 is 2.41 bits per heavy atom. The predicted octanol–water partition coefficient (Wildman–Crippen LogP) is 2.91. The molecule has 1 saturated heterocycles. The molecule has 2 amide bonds. The van der Waals surface area contributed by atoms with Crippen LogP contribution < -0.4 is 10.2 Å². The van der Waals surface area contributed by atoms with Crippen LogP contribution in [0.3, 0.4) is 0 Å². The van der Waals surface area contributed by atoms with E-state index in [1.807, 2.05) is 24.3 Å². The third kappa shape index (κ3) is 3.67. The molecule has 120 valence electrons. The minimum absolute atomic E-state index is 0.00901. The van der Waals surface area contributed by atoms with Gasteiger partial charge in [-0.15, -0.1) is 0 Å². The number of anilines is 1. The highest BCUT2D eigenvalue weighted by Crippen LogP contribution is 2.25. The largest absolute Gasteiger partial charge is 0.353 e. The van der Waals surface area contributed by atoms with Gasteiger partial charge in [-0.25, -0.2) is 0 Å². The molecule has 0 bridgehead atoms. The number of hydrogen-bond donors (Lipinski definition) is 1. The molecule has 4 heteroatoms. The van der Waals surface area contributed by atoms with Crippen LogP contribution in [-0.2, 0) is 16.0 Å². The first-order valence-electron chi connectivity index (χ1n) is 8.28. The number of benzene rings is 1. The average Bonchev–Trinajstić information content (AvgIpc) is 2.94. The van der Waals surface area contributed by atoms with Gasteiger partial charge in [0.1, 0.15) is 0 Å². The number of carbonyl (C=O) groups excluding carboxylic acids is 2. The van der Waals surface area contributed by atoms with E-state index in [9.17, 15) is 9.59 Å². The summed E-state index contributed by atoms with van der Waals surface area (Å²) in [5.41, 5.74) is 2.14. The molecule has 0 aliphatic carbocycles. The average molecular weight is 302 g/mol. The van der Waals surface area contributed by atoms with Gasteiger partial charge in [-0.3, -0.25) is 9.59 Å². The molecular weight excluding hydrogens is 276 g/mol. The van der Waals surface area contributed by atoms with Gasteiger partial charge in [-0.05, 0) is 37.0 Å². The zero-order valence-electron chi connectivity index (χ0n) is 13.8. The lowest BCUT2D eigenvalue weighted by atomic mass is 10.1. The van der Waals surface area contributed by atoms with Gasteiger partial charge < -0.3 is 10.2 Å². The van der Waals surface area contributed by atoms with E-state index in [0.717, 1.165) is 24.9 Å². The monoisotopic (exact) mass is 302 g/mol. The van der Waals surface area contributed by atoms with E-state index in [1.54, 1.807) is 4.90 Å². The molecule has 0 saturated carbocycles. The summed E-state index contributed by atoms with van der Waals surface area (Å²) in [6.45, 7) is 6.72. The minimum Gasteiger partial charge on any atom is -0.353 e. The lowest BCUT2D eigenvalue weighted by molar-refractivity contribution is -0.127. The van der Waals surface area contributed by atoms with Crippen molar-refractivity contribution < 1.29 is 9.59 Å². The van der Waals surface area contributed by atoms with Gasteiger partial charge in [0.15, 0.2) is 0 Å². The van der Waals surface area contributed by atoms with Crippen molar-refractivity contribution in [1.82, 2.24) is 5.32 Å². The van der Waals surface area contributed by atoms with Crippen molar-refractivity contribution in [1.29, 1.82) is 0 Å². The molecule has 1 heterocycles. The van der Waals surface area contributed by atoms with Crippen LogP contribution in [-0.4, -0.2) is 24.4 Å². The molecule has 1 N–H and O–H groups in total. The summed E-state index contributed by atoms with van der Waals surface area (Å²) in [4.78, 5) is 26.3. The molecule has 1 aliphatic rings. The fourth-order valence-corrected chi connectivity index (χ4v) is 2.86. The van der Waals surface area contributed by atoms with Gasteiger partial charge >= 0.3 is 0 Å². The maximum absolute atomic E-state index is 12.3. The first kappa shape index (κ1) is 16.5. The summed E-state index contributed by atoms with van der Waals surface area (Å²) in [5.74, 6) is -0.192. The molecule has 1 fully saturated rings. The van der Waals surface area contributed by atoms with Gasteiger partial charge in [-0.2, -0.15) is 0 Å². The summed E-state index contributed by atoms with van der Waals surface area (Å²) in [6, 6.07) is 8.23. The van der Waals surface area contributed by atoms with Crippen LogP contribution in [0.1, 0.15) is 45.6 Å². The first-order chi connectivity index (χ1) is 10.6. The van der Waals surface area contributed by atoms with Crippen LogP contribution in [0.4, 0.5) is 5.69 Å². The Morgan fingerprint density at radius 2 is 1.86 bits per heavy atom. The molecule has 0 radical (unpaired) electrons. The first-order valence-corrected chi connectivity index (χ1v) is 8.28. The van der Waals surface area contributed by atoms with Crippen molar-refractivity contribution in [2.24, 2.45) is 5.92 Å². The zero-order valence-corrected chi connectivity index (χ0v) is 13.8. The standard InChI is InChI=1S/C18H26N2O2/c1-4-13-7-9-16(10-8-13)20-12-14(11-17(20)21)18(22)19-15(5-2)6-3/h7-10,14-15H,4-6,11-12H2,1-3H3,(H,19,22). The van der Waals surface area contributed by atoms with Crippen molar-refractivity contribution >= 4 is 17.5 Å². The van der Waals surface area contributed by atoms with Crippen molar-refractivity contribution in [2.45, 2.75) is 52.5 Å². The minimum atomic E-state index is -0.237. The summed E-state index contributed by atoms with van der Waals surface area (Å²) in [6.07, 6.45) is 3.13. The second-order valence-corrected chi connectivity index (χ2v) is 5.95. The summed E-state index contributed by atoms with van der Waals surface area (Å²) in [7, 11) is 0. The number of nitrogens with one attached hydrogen (secondary N) is 1. The second-order valence-electron chi connectivity index (χ2n) is 5.95. The highest BCUT2D eigenvalue weighted by atomic mass is 16.2. The Bertz CT molecular complexity index is 520. The molecule has 1 unspecified atom stereocenters. The van der Waals surface area contributed by atoms with Crippen LogP contribution in [0.15, 0.2) is 24.3 Å². The lowest BCUT2D eigenvalue weighted by Gasteiger charge is -2.19. The number of hydrogen-bond acceptors (Lipinski definition) is 2. The Labute approximate surface area is 132 Å². The van der Waals surface area contributed by atoms with Crippen LogP contribution in [0.5, 0.6) is 0 Å². The molecular formula is C18H26N2O2. The molecule has 4 nitrogen and oxygen atoms in total. The number of nitrogens with zero attached hydrogens (tertiary/aromatic N) is 1. The highest BCUT2D eigenvalue weighted by Gasteiger charge is 2.35. The smallest absolute Gasteiger partial charge is 0.227 e. The Morgan fingerprint density at radius 1 is 1.23 bits per heavy atom. The lowest BCUT2D eigenvalue weighted by Crippen LogP contribution is -2.39. The van der Waals surface area contributed by atoms with Crippen molar-refractivity contribution in [3.8, 4) is 0 Å². The number of rotatable bonds is 6. The number of carbonyl (C=O) groups is 2. The van der Waals surface area contributed by atoms with Crippen LogP contribution >= 0.6 is 0 Å². The van der Waals surface area contributed by atoms with Crippen LogP contribution in [0.25, 0.3) is 0 Å². The Hall–Kier alpha value is -1.84. The maximum Gasteiger partial charge on any atom is 0.227 e. The zero-order chi connectivity index (χ0) is 16.1. The summed E-state index contributed by atoms with van der Waals surface area (Å²) in [5, 5.41) is 3.05. The van der Waals surface area contributed by atoms with E-state index in [4.69, 9.17) is 0 Å². The molecule has 1 aliphatic heterocycles. The number of aryl methyl sites for hydroxylation is 1. The molecule has 22 heavy (non-hydrogen) atoms. The fourth-order valence-electron chi connectivity index (χ4n) is 2.86. The highest BCUT2D eigenvalue weighted by molar-refractivity contribution is 6.00. The second kappa shape index (κ2) is 7.43. The van der Waals surface area contributed by atoms with E-state index < -0.39 is 0 Å². The van der Waals surface area contributed by atoms with Crippen molar-refractivity contribution in [3.63, 3.8) is 0 Å². The molecule has 1 aromatic rings. The van der Waals surface area contributed by atoms with Gasteiger partial charge in [-0.1, -0.05) is 32.9 Å². The molecule has 2 rings (SSSR count). The molecule has 1 atom stereocenters. The van der Waals surface area contributed by atoms with Gasteiger partial charge in [0.25, 0.3) is 0 Å². The molecule has 0 spiro atoms. The third-order valence-corrected chi connectivity index (χ3v) is 4.48. The van der Waals surface area contributed by atoms with Gasteiger partial charge in [0.2, 0.25) is 11.8 Å². The fraction of sp³-hybridized carbons (Fsp3) is 0.556. The van der Waals surface area contributed by atoms with Gasteiger partial charge in [0, 0.05) is 24.7 Å². The van der Waals surface area contributed by atoms with E-state index in [0.29, 0.717) is 13.0 Å². The predicted molar refractivity (Wildman–Crippen MR) is 88.8 cm³/mol. The third-order valence-electron chi connectivity index (χ3n) is 4.48. The SMILES string of the molecule is CCc1ccc(N2CC(C(=O)NC(CC)CC)CC2=O)cc1. The Kier molecular flexibility index (Phi) is 5.58. The quantitative estimate of drug-likeness (QED) is 0.878. The topological polar surface area (TPSA) is 49.4 Å². The van der Waals surface area contributed by atoms with Gasteiger partial charge in [0.05, 0.1) is 5.92 Å². The van der Waals surface area contributed by atoms with E-state index in [2.05, 4.69) is 26.1 Å². The van der Waals surface area contributed by atoms with E-state index in [1.165, 1.54) is 5.56 Å².